The Hall–Kier alpha value is -3.63. The van der Waals surface area contributed by atoms with Gasteiger partial charge >= 0.3 is 0 Å². The molecule has 0 heterocycles. The third-order valence-electron chi connectivity index (χ3n) is 6.01. The van der Waals surface area contributed by atoms with Crippen molar-refractivity contribution in [3.8, 4) is 5.75 Å². The molecule has 208 valence electrons. The van der Waals surface area contributed by atoms with Gasteiger partial charge in [-0.05, 0) is 73.5 Å². The normalized spacial score (nSPS) is 11.9. The van der Waals surface area contributed by atoms with Crippen LogP contribution in [0.4, 0.5) is 10.1 Å². The van der Waals surface area contributed by atoms with Crippen LogP contribution in [-0.2, 0) is 26.2 Å². The summed E-state index contributed by atoms with van der Waals surface area (Å²) in [5, 5.41) is 3.05. The number of methoxy groups -OCH3 is 1. The lowest BCUT2D eigenvalue weighted by Gasteiger charge is -2.32. The fourth-order valence-corrected chi connectivity index (χ4v) is 5.39. The highest BCUT2D eigenvalue weighted by atomic mass is 35.5. The Bertz CT molecular complexity index is 1390. The van der Waals surface area contributed by atoms with E-state index in [0.717, 1.165) is 4.31 Å². The highest BCUT2D eigenvalue weighted by molar-refractivity contribution is 7.92. The molecule has 0 aliphatic heterocycles. The van der Waals surface area contributed by atoms with Crippen LogP contribution in [0.2, 0.25) is 5.02 Å². The molecular formula is C28H31ClFN3O5S. The molecule has 1 atom stereocenters. The van der Waals surface area contributed by atoms with E-state index in [2.05, 4.69) is 5.32 Å². The third kappa shape index (κ3) is 7.70. The van der Waals surface area contributed by atoms with E-state index in [0.29, 0.717) is 24.3 Å². The predicted octanol–water partition coefficient (Wildman–Crippen LogP) is 4.63. The molecule has 39 heavy (non-hydrogen) atoms. The second kappa shape index (κ2) is 13.4. The van der Waals surface area contributed by atoms with E-state index in [1.807, 2.05) is 6.92 Å². The number of nitrogens with zero attached hydrogens (tertiary/aromatic N) is 2. The Labute approximate surface area is 233 Å². The van der Waals surface area contributed by atoms with Crippen molar-refractivity contribution in [2.75, 3.05) is 24.5 Å². The molecule has 0 saturated heterocycles. The van der Waals surface area contributed by atoms with Crippen LogP contribution in [-0.4, -0.2) is 51.4 Å². The fourth-order valence-electron chi connectivity index (χ4n) is 3.80. The van der Waals surface area contributed by atoms with Gasteiger partial charge in [-0.15, -0.1) is 0 Å². The molecule has 0 saturated carbocycles. The maximum absolute atomic E-state index is 13.8. The number of rotatable bonds is 12. The van der Waals surface area contributed by atoms with E-state index in [9.17, 15) is 22.4 Å². The summed E-state index contributed by atoms with van der Waals surface area (Å²) in [7, 11) is -2.78. The second-order valence-electron chi connectivity index (χ2n) is 8.78. The van der Waals surface area contributed by atoms with Crippen LogP contribution in [0, 0.1) is 5.82 Å². The zero-order valence-corrected chi connectivity index (χ0v) is 23.5. The standard InChI is InChI=1S/C28H31ClFN3O5S/c1-4-16-31-28(35)20(2)32(18-21-8-10-23(30)11-9-21)27(34)19-33(24-7-5-6-22(29)17-24)39(36,37)26-14-12-25(38-3)13-15-26/h5-15,17,20H,4,16,18-19H2,1-3H3,(H,31,35). The SMILES string of the molecule is CCCNC(=O)C(C)N(Cc1ccc(F)cc1)C(=O)CN(c1cccc(Cl)c1)S(=O)(=O)c1ccc(OC)cc1. The van der Waals surface area contributed by atoms with Crippen molar-refractivity contribution in [1.82, 2.24) is 10.2 Å². The fraction of sp³-hybridized carbons (Fsp3) is 0.286. The van der Waals surface area contributed by atoms with Gasteiger partial charge in [0.1, 0.15) is 24.2 Å². The van der Waals surface area contributed by atoms with E-state index in [1.165, 1.54) is 72.7 Å². The summed E-state index contributed by atoms with van der Waals surface area (Å²) in [5.41, 5.74) is 0.753. The zero-order valence-electron chi connectivity index (χ0n) is 21.9. The number of carbonyl (C=O) groups excluding carboxylic acids is 2. The van der Waals surface area contributed by atoms with Gasteiger partial charge < -0.3 is 15.0 Å². The van der Waals surface area contributed by atoms with Gasteiger partial charge in [-0.25, -0.2) is 12.8 Å². The topological polar surface area (TPSA) is 96.0 Å². The molecule has 0 bridgehead atoms. The summed E-state index contributed by atoms with van der Waals surface area (Å²) in [6.45, 7) is 3.24. The summed E-state index contributed by atoms with van der Waals surface area (Å²) in [6, 6.07) is 16.5. The molecule has 3 aromatic rings. The Kier molecular flexibility index (Phi) is 10.3. The summed E-state index contributed by atoms with van der Waals surface area (Å²) < 4.78 is 47.2. The molecule has 1 unspecified atom stereocenters. The molecule has 3 rings (SSSR count). The number of hydrogen-bond acceptors (Lipinski definition) is 5. The number of benzene rings is 3. The minimum Gasteiger partial charge on any atom is -0.497 e. The monoisotopic (exact) mass is 575 g/mol. The summed E-state index contributed by atoms with van der Waals surface area (Å²) in [5.74, 6) is -0.991. The molecule has 3 aromatic carbocycles. The summed E-state index contributed by atoms with van der Waals surface area (Å²) >= 11 is 6.17. The lowest BCUT2D eigenvalue weighted by molar-refractivity contribution is -0.139. The van der Waals surface area contributed by atoms with Crippen LogP contribution in [0.5, 0.6) is 5.75 Å². The van der Waals surface area contributed by atoms with E-state index in [1.54, 1.807) is 19.1 Å². The third-order valence-corrected chi connectivity index (χ3v) is 8.03. The van der Waals surface area contributed by atoms with Gasteiger partial charge in [0, 0.05) is 18.1 Å². The molecule has 0 aliphatic rings. The van der Waals surface area contributed by atoms with Crippen molar-refractivity contribution in [1.29, 1.82) is 0 Å². The maximum Gasteiger partial charge on any atom is 0.264 e. The molecule has 0 aliphatic carbocycles. The van der Waals surface area contributed by atoms with E-state index in [4.69, 9.17) is 16.3 Å². The molecule has 0 aromatic heterocycles. The number of ether oxygens (including phenoxy) is 1. The van der Waals surface area contributed by atoms with E-state index < -0.39 is 34.3 Å². The van der Waals surface area contributed by atoms with Crippen LogP contribution in [0.1, 0.15) is 25.8 Å². The van der Waals surface area contributed by atoms with Gasteiger partial charge in [0.05, 0.1) is 17.7 Å². The number of amides is 2. The number of nitrogens with one attached hydrogen (secondary N) is 1. The molecule has 0 spiro atoms. The van der Waals surface area contributed by atoms with Gasteiger partial charge in [0.25, 0.3) is 10.0 Å². The van der Waals surface area contributed by atoms with Gasteiger partial charge in [0.2, 0.25) is 11.8 Å². The Morgan fingerprint density at radius 3 is 2.31 bits per heavy atom. The first-order valence-corrected chi connectivity index (χ1v) is 14.1. The number of halogens is 2. The van der Waals surface area contributed by atoms with Gasteiger partial charge in [-0.2, -0.15) is 0 Å². The van der Waals surface area contributed by atoms with Crippen LogP contribution >= 0.6 is 11.6 Å². The van der Waals surface area contributed by atoms with Crippen LogP contribution in [0.15, 0.2) is 77.7 Å². The number of hydrogen-bond donors (Lipinski definition) is 1. The van der Waals surface area contributed by atoms with E-state index >= 15 is 0 Å². The smallest absolute Gasteiger partial charge is 0.264 e. The van der Waals surface area contributed by atoms with Crippen molar-refractivity contribution in [3.63, 3.8) is 0 Å². The Morgan fingerprint density at radius 2 is 1.72 bits per heavy atom. The molecular weight excluding hydrogens is 545 g/mol. The van der Waals surface area contributed by atoms with Gasteiger partial charge in [-0.1, -0.05) is 36.7 Å². The quantitative estimate of drug-likeness (QED) is 0.340. The van der Waals surface area contributed by atoms with Crippen LogP contribution in [0.3, 0.4) is 0 Å². The van der Waals surface area contributed by atoms with Crippen molar-refractivity contribution in [3.05, 3.63) is 89.2 Å². The first-order valence-electron chi connectivity index (χ1n) is 12.3. The van der Waals surface area contributed by atoms with Crippen LogP contribution < -0.4 is 14.4 Å². The predicted molar refractivity (Wildman–Crippen MR) is 149 cm³/mol. The first kappa shape index (κ1) is 29.9. The number of anilines is 1. The van der Waals surface area contributed by atoms with Crippen molar-refractivity contribution in [2.45, 2.75) is 37.8 Å². The number of carbonyl (C=O) groups is 2. The van der Waals surface area contributed by atoms with Crippen molar-refractivity contribution in [2.24, 2.45) is 0 Å². The summed E-state index contributed by atoms with van der Waals surface area (Å²) in [4.78, 5) is 27.9. The lowest BCUT2D eigenvalue weighted by atomic mass is 10.1. The molecule has 1 N–H and O–H groups in total. The van der Waals surface area contributed by atoms with Crippen molar-refractivity contribution >= 4 is 39.1 Å². The van der Waals surface area contributed by atoms with Crippen molar-refractivity contribution < 1.29 is 27.1 Å². The average Bonchev–Trinajstić information content (AvgIpc) is 2.93. The van der Waals surface area contributed by atoms with Crippen LogP contribution in [0.25, 0.3) is 0 Å². The Balaban J connectivity index is 2.01. The molecule has 11 heteroatoms. The largest absolute Gasteiger partial charge is 0.497 e. The average molecular weight is 576 g/mol. The zero-order chi connectivity index (χ0) is 28.6. The minimum absolute atomic E-state index is 0.0359. The highest BCUT2D eigenvalue weighted by Crippen LogP contribution is 2.28. The highest BCUT2D eigenvalue weighted by Gasteiger charge is 2.32. The summed E-state index contributed by atoms with van der Waals surface area (Å²) in [6.07, 6.45) is 0.701. The molecule has 0 radical (unpaired) electrons. The van der Waals surface area contributed by atoms with Gasteiger partial charge in [-0.3, -0.25) is 13.9 Å². The lowest BCUT2D eigenvalue weighted by Crippen LogP contribution is -2.51. The Morgan fingerprint density at radius 1 is 1.05 bits per heavy atom. The molecule has 8 nitrogen and oxygen atoms in total. The first-order chi connectivity index (χ1) is 18.6. The second-order valence-corrected chi connectivity index (χ2v) is 11.1. The molecule has 2 amide bonds. The minimum atomic E-state index is -4.24. The van der Waals surface area contributed by atoms with E-state index in [-0.39, 0.29) is 28.1 Å². The van der Waals surface area contributed by atoms with Gasteiger partial charge in [0.15, 0.2) is 0 Å². The maximum atomic E-state index is 13.8. The molecule has 0 fully saturated rings. The number of sulfonamides is 1.